The maximum absolute atomic E-state index is 11.0. The first-order valence-corrected chi connectivity index (χ1v) is 44.4. The first-order valence-electron chi connectivity index (χ1n) is 38.4. The molecule has 662 valence electrons. The highest BCUT2D eigenvalue weighted by Gasteiger charge is 2.23. The Labute approximate surface area is 811 Å². The number of carboxylic acid groups (broad SMARTS) is 1. The molecule has 1 amide bonds. The van der Waals surface area contributed by atoms with Gasteiger partial charge in [0.2, 0.25) is 23.4 Å². The number of halogens is 4. The van der Waals surface area contributed by atoms with Crippen molar-refractivity contribution in [2.45, 2.75) is 19.6 Å². The molecule has 0 fully saturated rings. The average molecular weight is 2240 g/mol. The number of hydrazine groups is 1. The fraction of sp³-hybridized carbons (Fsp3) is 0.0532. The van der Waals surface area contributed by atoms with E-state index in [-0.39, 0.29) is 23.1 Å². The Balaban J connectivity index is 0.000000153. The van der Waals surface area contributed by atoms with E-state index in [9.17, 15) is 29.8 Å². The summed E-state index contributed by atoms with van der Waals surface area (Å²) in [6.07, 6.45) is 0. The number of aromatic nitrogens is 8. The summed E-state index contributed by atoms with van der Waals surface area (Å²) in [5, 5.41) is 66.3. The summed E-state index contributed by atoms with van der Waals surface area (Å²) in [5.41, 5.74) is 15.6. The zero-order valence-corrected chi connectivity index (χ0v) is 79.7. The first kappa shape index (κ1) is 97.6. The number of nitrogens with one attached hydrogen (secondary N) is 1. The van der Waals surface area contributed by atoms with Crippen LogP contribution in [0.15, 0.2) is 358 Å². The third-order valence-electron chi connectivity index (χ3n) is 17.9. The number of nitrogens with two attached hydrogens (primary N) is 2. The van der Waals surface area contributed by atoms with Gasteiger partial charge in [0.15, 0.2) is 5.84 Å². The van der Waals surface area contributed by atoms with Gasteiger partial charge in [-0.1, -0.05) is 172 Å². The minimum atomic E-state index is -0.870. The highest BCUT2D eigenvalue weighted by atomic mass is 127. The molecule has 4 aromatic heterocycles. The van der Waals surface area contributed by atoms with E-state index in [0.717, 1.165) is 78.6 Å². The van der Waals surface area contributed by atoms with Gasteiger partial charge >= 0.3 is 5.97 Å². The molecule has 0 saturated heterocycles. The third-order valence-corrected chi connectivity index (χ3v) is 23.8. The summed E-state index contributed by atoms with van der Waals surface area (Å²) in [6, 6.07) is 95.1. The molecule has 13 aromatic carbocycles. The van der Waals surface area contributed by atoms with Gasteiger partial charge in [-0.15, -0.1) is 20.4 Å². The minimum Gasteiger partial charge on any atom is -0.496 e. The van der Waals surface area contributed by atoms with E-state index in [4.69, 9.17) is 63.5 Å². The lowest BCUT2D eigenvalue weighted by atomic mass is 10.2. The number of carboxylic acids is 1. The van der Waals surface area contributed by atoms with E-state index in [1.54, 1.807) is 101 Å². The highest BCUT2D eigenvalue weighted by Crippen LogP contribution is 2.41. The van der Waals surface area contributed by atoms with Gasteiger partial charge in [0.1, 0.15) is 28.7 Å². The summed E-state index contributed by atoms with van der Waals surface area (Å²) in [7, 11) is 7.96. The van der Waals surface area contributed by atoms with Gasteiger partial charge < -0.3 is 57.6 Å². The van der Waals surface area contributed by atoms with Crippen molar-refractivity contribution in [2.24, 2.45) is 16.7 Å². The lowest BCUT2D eigenvalue weighted by Gasteiger charge is -2.06. The summed E-state index contributed by atoms with van der Waals surface area (Å²) >= 11 is 11.5. The number of aromatic carboxylic acids is 1. The molecule has 0 radical (unpaired) electrons. The van der Waals surface area contributed by atoms with Gasteiger partial charge in [-0.2, -0.15) is 9.97 Å². The van der Waals surface area contributed by atoms with Gasteiger partial charge in [-0.25, -0.2) is 10.6 Å². The molecule has 0 atom stereocenters. The number of non-ortho nitro benzene ring substituents is 2. The number of amidine groups is 1. The number of hydrogen-bond donors (Lipinski definition) is 5. The quantitative estimate of drug-likeness (QED) is 0.00615. The number of rotatable bonds is 22. The van der Waals surface area contributed by atoms with Crippen molar-refractivity contribution in [1.82, 2.24) is 46.1 Å². The van der Waals surface area contributed by atoms with Crippen LogP contribution in [0.3, 0.4) is 0 Å². The van der Waals surface area contributed by atoms with Gasteiger partial charge in [-0.3, -0.25) is 30.4 Å². The number of nitro groups is 2. The van der Waals surface area contributed by atoms with E-state index in [1.165, 1.54) is 54.9 Å². The van der Waals surface area contributed by atoms with Crippen molar-refractivity contribution in [3.63, 3.8) is 0 Å². The van der Waals surface area contributed by atoms with E-state index in [2.05, 4.69) is 119 Å². The van der Waals surface area contributed by atoms with E-state index >= 15 is 0 Å². The Bertz CT molecular complexity index is 6440. The summed E-state index contributed by atoms with van der Waals surface area (Å²) < 4.78 is 52.7. The molecule has 0 unspecified atom stereocenters. The van der Waals surface area contributed by atoms with Crippen LogP contribution in [0, 0.1) is 34.5 Å². The van der Waals surface area contributed by atoms with E-state index < -0.39 is 15.8 Å². The number of methoxy groups -OCH3 is 5. The predicted molar refractivity (Wildman–Crippen MR) is 529 cm³/mol. The van der Waals surface area contributed by atoms with Crippen LogP contribution in [0.2, 0.25) is 0 Å². The largest absolute Gasteiger partial charge is 0.496 e. The predicted octanol–water partition coefficient (Wildman–Crippen LogP) is 22.7. The van der Waals surface area contributed by atoms with E-state index in [1.807, 2.05) is 241 Å². The lowest BCUT2D eigenvalue weighted by molar-refractivity contribution is -0.385. The molecule has 0 saturated carbocycles. The molecule has 0 spiro atoms. The van der Waals surface area contributed by atoms with E-state index in [0.29, 0.717) is 92.2 Å². The Morgan fingerprint density at radius 1 is 0.374 bits per heavy atom. The number of amides is 1. The number of nitro benzene ring substituents is 2. The van der Waals surface area contributed by atoms with Crippen molar-refractivity contribution < 1.29 is 71.3 Å². The normalized spacial score (nSPS) is 10.4. The Morgan fingerprint density at radius 3 is 1.02 bits per heavy atom. The van der Waals surface area contributed by atoms with Crippen molar-refractivity contribution in [1.29, 1.82) is 0 Å². The van der Waals surface area contributed by atoms with Crippen LogP contribution in [0.1, 0.15) is 26.3 Å². The fourth-order valence-electron chi connectivity index (χ4n) is 11.6. The highest BCUT2D eigenvalue weighted by molar-refractivity contribution is 14.1. The number of carbonyl (C=O) groups excluding carboxylic acids is 1. The smallest absolute Gasteiger partial charge is 0.336 e. The number of oxime groups is 1. The van der Waals surface area contributed by atoms with Crippen LogP contribution in [-0.2, 0) is 0 Å². The average Bonchev–Trinajstić information content (AvgIpc) is 1.72. The molecule has 0 aliphatic rings. The van der Waals surface area contributed by atoms with Crippen LogP contribution in [0.5, 0.6) is 28.7 Å². The maximum atomic E-state index is 11.0. The molecule has 31 nitrogen and oxygen atoms in total. The zero-order chi connectivity index (χ0) is 93.1. The zero-order valence-electron chi connectivity index (χ0n) is 69.4. The molecule has 0 aliphatic carbocycles. The molecular weight excluding hydrogens is 2170 g/mol. The molecule has 131 heavy (non-hydrogen) atoms. The molecule has 37 heteroatoms. The topological polar surface area (TPSA) is 439 Å². The standard InChI is InChI=1S/2C21H15N3O4S.2C15H11IN2O2.C8H10N2O2.C7H7IN2O.C7H5IO2/c1-27-18-8-4-2-6-16(18)20-22-23-21(28-20)17-7-3-5-9-19(17)29-15-12-10-14(11-13-15)24(25)26;1-27-18-8-4-2-6-16(18)20-22-21(28-23-20)17-7-3-5-9-19(17)29-15-12-10-14(11-13-15)24(25)26;1-19-13-9-5-3-7-11(13)14-17-15(20-18-14)10-6-2-4-8-12(10)16;1-19-13-9-5-3-7-11(13)15-18-17-14(20-15)10-6-2-4-8-12(10)16;1-12-7-5-3-2-4-6(7)8(9)10-11;8-6-4-2-1-3-5(6)7(11)10-9;8-6-4-2-1-3-5(6)7(9)10/h2*2-13H,1H3;2*2-9H,1H3;2-5,11H,1H3,(H2,9,10);1-4H,9H2,(H,10,11);1-4H,(H,9,10). The van der Waals surface area contributed by atoms with Gasteiger partial charge in [0.25, 0.3) is 40.8 Å². The summed E-state index contributed by atoms with van der Waals surface area (Å²) in [6.45, 7) is 0. The first-order chi connectivity index (χ1) is 63.6. The molecule has 17 aromatic rings. The second-order valence-electron chi connectivity index (χ2n) is 26.1. The van der Waals surface area contributed by atoms with Gasteiger partial charge in [-0.05, 0) is 248 Å². The Morgan fingerprint density at radius 2 is 0.664 bits per heavy atom. The molecule has 0 bridgehead atoms. The second-order valence-corrected chi connectivity index (χ2v) is 32.9. The number of ether oxygens (including phenoxy) is 5. The van der Waals surface area contributed by atoms with Crippen LogP contribution in [0.25, 0.3) is 91.5 Å². The van der Waals surface area contributed by atoms with Crippen LogP contribution in [-0.4, -0.2) is 114 Å². The minimum absolute atomic E-state index is 0.0486. The van der Waals surface area contributed by atoms with Gasteiger partial charge in [0, 0.05) is 58.1 Å². The monoisotopic (exact) mass is 2240 g/mol. The summed E-state index contributed by atoms with van der Waals surface area (Å²) in [4.78, 5) is 54.8. The van der Waals surface area contributed by atoms with Gasteiger partial charge in [0.05, 0.1) is 107 Å². The Kier molecular flexibility index (Phi) is 36.9. The van der Waals surface area contributed by atoms with Crippen molar-refractivity contribution >= 4 is 143 Å². The maximum Gasteiger partial charge on any atom is 0.336 e. The molecule has 17 rings (SSSR count). The fourth-order valence-corrected chi connectivity index (χ4v) is 16.0. The lowest BCUT2D eigenvalue weighted by Crippen LogP contribution is -2.30. The number of hydrogen-bond acceptors (Lipinski definition) is 28. The van der Waals surface area contributed by atoms with Crippen LogP contribution in [0.4, 0.5) is 11.4 Å². The van der Waals surface area contributed by atoms with Crippen molar-refractivity contribution in [3.8, 4) is 120 Å². The second kappa shape index (κ2) is 49.5. The number of nitrogen functional groups attached to an aromatic ring is 1. The molecule has 4 heterocycles. The number of nitrogens with zero attached hydrogens (tertiary/aromatic N) is 11. The molecule has 0 aliphatic heterocycles. The van der Waals surface area contributed by atoms with Crippen molar-refractivity contribution in [3.05, 3.63) is 367 Å². The van der Waals surface area contributed by atoms with Crippen LogP contribution < -0.4 is 40.7 Å². The third kappa shape index (κ3) is 26.8. The van der Waals surface area contributed by atoms with Crippen LogP contribution >= 0.6 is 114 Å². The number of carbonyl (C=O) groups is 2. The Hall–Kier alpha value is -14.0. The number of benzene rings is 13. The molecular formula is C94H74I4N14O17S2. The SMILES string of the molecule is COc1ccccc1-c1nnc(-c2ccccc2I)o1.COc1ccccc1-c1nnc(-c2ccccc2Sc2ccc([N+](=O)[O-])cc2)o1.COc1ccccc1-c1noc(-c2ccccc2I)n1.COc1ccccc1-c1noc(-c2ccccc2Sc2ccc([N+](=O)[O-])cc2)n1.COc1ccccc1/C(N)=N\O.NNC(=O)c1ccccc1I.O=C(O)c1ccccc1I. The summed E-state index contributed by atoms with van der Waals surface area (Å²) in [5.74, 6) is 10.8. The van der Waals surface area contributed by atoms with Crippen molar-refractivity contribution in [2.75, 3.05) is 35.5 Å². The molecule has 7 N–H and O–H groups in total. The number of para-hydroxylation sites is 5.